The number of aromatic carboxylic acids is 2. The Morgan fingerprint density at radius 2 is 1.27 bits per heavy atom. The van der Waals surface area contributed by atoms with Gasteiger partial charge < -0.3 is 24.4 Å². The first-order valence-electron chi connectivity index (χ1n) is 7.99. The number of benzene rings is 2. The minimum atomic E-state index is -1.06. The average Bonchev–Trinajstić information content (AvgIpc) is 2.61. The van der Waals surface area contributed by atoms with Gasteiger partial charge in [0.05, 0.1) is 18.6 Å². The van der Waals surface area contributed by atoms with E-state index in [0.29, 0.717) is 13.2 Å². The van der Waals surface area contributed by atoms with E-state index in [9.17, 15) is 19.8 Å². The van der Waals surface area contributed by atoms with E-state index in [2.05, 4.69) is 0 Å². The van der Waals surface area contributed by atoms with Gasteiger partial charge in [-0.05, 0) is 24.3 Å². The standard InChI is InChI=1S/C19H18O7/c20-17(21)13-5-1-3-7-15(13)25-11-19(9-24-10-19)12-26-16-8-4-2-6-14(16)18(22)23/h1-8H,9-12H2,(H,20,21)(H,22,23). The van der Waals surface area contributed by atoms with Gasteiger partial charge in [-0.25, -0.2) is 9.59 Å². The first kappa shape index (κ1) is 17.8. The second-order valence-electron chi connectivity index (χ2n) is 6.17. The summed E-state index contributed by atoms with van der Waals surface area (Å²) in [4.78, 5) is 22.5. The second kappa shape index (κ2) is 7.45. The second-order valence-corrected chi connectivity index (χ2v) is 6.17. The number of carboxylic acids is 2. The number of carbonyl (C=O) groups is 2. The molecule has 2 N–H and O–H groups in total. The summed E-state index contributed by atoms with van der Waals surface area (Å²) in [6, 6.07) is 12.8. The molecule has 1 aliphatic heterocycles. The van der Waals surface area contributed by atoms with E-state index in [4.69, 9.17) is 14.2 Å². The smallest absolute Gasteiger partial charge is 0.339 e. The first-order valence-corrected chi connectivity index (χ1v) is 7.99. The molecular weight excluding hydrogens is 340 g/mol. The zero-order chi connectivity index (χ0) is 18.6. The van der Waals surface area contributed by atoms with Gasteiger partial charge in [-0.3, -0.25) is 0 Å². The van der Waals surface area contributed by atoms with Gasteiger partial charge in [-0.2, -0.15) is 0 Å². The lowest BCUT2D eigenvalue weighted by Gasteiger charge is -2.40. The highest BCUT2D eigenvalue weighted by atomic mass is 16.5. The maximum absolute atomic E-state index is 11.3. The SMILES string of the molecule is O=C(O)c1ccccc1OCC1(COc2ccccc2C(=O)O)COC1. The van der Waals surface area contributed by atoms with Gasteiger partial charge in [-0.1, -0.05) is 24.3 Å². The molecule has 0 unspecified atom stereocenters. The highest BCUT2D eigenvalue weighted by molar-refractivity contribution is 5.91. The Kier molecular flexibility index (Phi) is 5.09. The van der Waals surface area contributed by atoms with Crippen LogP contribution in [0.25, 0.3) is 0 Å². The lowest BCUT2D eigenvalue weighted by molar-refractivity contribution is -0.149. The molecular formula is C19H18O7. The molecule has 1 fully saturated rings. The summed E-state index contributed by atoms with van der Waals surface area (Å²) in [5.74, 6) is -1.58. The van der Waals surface area contributed by atoms with E-state index in [1.54, 1.807) is 36.4 Å². The number of hydrogen-bond donors (Lipinski definition) is 2. The van der Waals surface area contributed by atoms with Crippen molar-refractivity contribution in [3.05, 3.63) is 59.7 Å². The molecule has 0 spiro atoms. The van der Waals surface area contributed by atoms with Gasteiger partial charge in [-0.15, -0.1) is 0 Å². The summed E-state index contributed by atoms with van der Waals surface area (Å²) in [7, 11) is 0. The van der Waals surface area contributed by atoms with E-state index in [1.165, 1.54) is 12.1 Å². The van der Waals surface area contributed by atoms with Crippen molar-refractivity contribution in [1.82, 2.24) is 0 Å². The Balaban J connectivity index is 1.67. The molecule has 0 atom stereocenters. The zero-order valence-electron chi connectivity index (χ0n) is 13.9. The Hall–Kier alpha value is -3.06. The number of ether oxygens (including phenoxy) is 3. The van der Waals surface area contributed by atoms with Crippen LogP contribution in [0, 0.1) is 5.41 Å². The minimum absolute atomic E-state index is 0.0834. The van der Waals surface area contributed by atoms with Gasteiger partial charge in [0, 0.05) is 0 Å². The normalized spacial score (nSPS) is 14.9. The molecule has 1 aliphatic rings. The molecule has 0 aromatic heterocycles. The Labute approximate surface area is 149 Å². The van der Waals surface area contributed by atoms with Crippen LogP contribution >= 0.6 is 0 Å². The molecule has 7 heteroatoms. The molecule has 0 aliphatic carbocycles. The number of rotatable bonds is 8. The van der Waals surface area contributed by atoms with Gasteiger partial charge in [0.1, 0.15) is 35.8 Å². The number of carboxylic acid groups (broad SMARTS) is 2. The highest BCUT2D eigenvalue weighted by Gasteiger charge is 2.41. The van der Waals surface area contributed by atoms with Crippen molar-refractivity contribution in [2.24, 2.45) is 5.41 Å². The lowest BCUT2D eigenvalue weighted by atomic mass is 9.88. The predicted molar refractivity (Wildman–Crippen MR) is 91.0 cm³/mol. The molecule has 1 saturated heterocycles. The third-order valence-electron chi connectivity index (χ3n) is 4.12. The average molecular weight is 358 g/mol. The summed E-state index contributed by atoms with van der Waals surface area (Å²) < 4.78 is 16.7. The maximum atomic E-state index is 11.3. The number of para-hydroxylation sites is 2. The van der Waals surface area contributed by atoms with Gasteiger partial charge in [0.25, 0.3) is 0 Å². The largest absolute Gasteiger partial charge is 0.492 e. The fraction of sp³-hybridized carbons (Fsp3) is 0.263. The van der Waals surface area contributed by atoms with E-state index < -0.39 is 17.4 Å². The Morgan fingerprint density at radius 3 is 1.62 bits per heavy atom. The van der Waals surface area contributed by atoms with E-state index in [-0.39, 0.29) is 35.8 Å². The molecule has 0 amide bonds. The van der Waals surface area contributed by atoms with Crippen LogP contribution in [0.3, 0.4) is 0 Å². The highest BCUT2D eigenvalue weighted by Crippen LogP contribution is 2.31. The summed E-state index contributed by atoms with van der Waals surface area (Å²) >= 11 is 0. The van der Waals surface area contributed by atoms with Crippen LogP contribution in [0.2, 0.25) is 0 Å². The molecule has 3 rings (SSSR count). The minimum Gasteiger partial charge on any atom is -0.492 e. The van der Waals surface area contributed by atoms with Crippen LogP contribution in [0.15, 0.2) is 48.5 Å². The van der Waals surface area contributed by atoms with Crippen molar-refractivity contribution < 1.29 is 34.0 Å². The summed E-state index contributed by atoms with van der Waals surface area (Å²) in [5, 5.41) is 18.4. The van der Waals surface area contributed by atoms with Gasteiger partial charge in [0.15, 0.2) is 0 Å². The molecule has 7 nitrogen and oxygen atoms in total. The lowest BCUT2D eigenvalue weighted by Crippen LogP contribution is -2.51. The Bertz CT molecular complexity index is 748. The molecule has 2 aromatic carbocycles. The summed E-state index contributed by atoms with van der Waals surface area (Å²) in [6.07, 6.45) is 0. The quantitative estimate of drug-likeness (QED) is 0.747. The van der Waals surface area contributed by atoms with Crippen molar-refractivity contribution in [2.75, 3.05) is 26.4 Å². The zero-order valence-corrected chi connectivity index (χ0v) is 13.9. The van der Waals surface area contributed by atoms with Crippen molar-refractivity contribution >= 4 is 11.9 Å². The fourth-order valence-electron chi connectivity index (χ4n) is 2.60. The van der Waals surface area contributed by atoms with E-state index in [1.807, 2.05) is 0 Å². The maximum Gasteiger partial charge on any atom is 0.339 e. The molecule has 2 aromatic rings. The predicted octanol–water partition coefficient (Wildman–Crippen LogP) is 2.56. The first-order chi connectivity index (χ1) is 12.5. The fourth-order valence-corrected chi connectivity index (χ4v) is 2.60. The van der Waals surface area contributed by atoms with Crippen LogP contribution in [-0.2, 0) is 4.74 Å². The van der Waals surface area contributed by atoms with Crippen molar-refractivity contribution in [2.45, 2.75) is 0 Å². The summed E-state index contributed by atoms with van der Waals surface area (Å²) in [6.45, 7) is 1.17. The Morgan fingerprint density at radius 1 is 0.846 bits per heavy atom. The molecule has 136 valence electrons. The van der Waals surface area contributed by atoms with Crippen LogP contribution < -0.4 is 9.47 Å². The van der Waals surface area contributed by atoms with Crippen LogP contribution in [0.1, 0.15) is 20.7 Å². The van der Waals surface area contributed by atoms with Crippen LogP contribution in [0.4, 0.5) is 0 Å². The van der Waals surface area contributed by atoms with Crippen molar-refractivity contribution in [3.63, 3.8) is 0 Å². The van der Waals surface area contributed by atoms with Gasteiger partial charge in [0.2, 0.25) is 0 Å². The topological polar surface area (TPSA) is 102 Å². The van der Waals surface area contributed by atoms with Crippen molar-refractivity contribution in [1.29, 1.82) is 0 Å². The third-order valence-corrected chi connectivity index (χ3v) is 4.12. The number of hydrogen-bond acceptors (Lipinski definition) is 5. The van der Waals surface area contributed by atoms with Crippen LogP contribution in [0.5, 0.6) is 11.5 Å². The monoisotopic (exact) mass is 358 g/mol. The molecule has 1 heterocycles. The third kappa shape index (κ3) is 3.78. The van der Waals surface area contributed by atoms with Crippen molar-refractivity contribution in [3.8, 4) is 11.5 Å². The van der Waals surface area contributed by atoms with Gasteiger partial charge >= 0.3 is 11.9 Å². The molecule has 26 heavy (non-hydrogen) atoms. The molecule has 0 saturated carbocycles. The molecule has 0 radical (unpaired) electrons. The van der Waals surface area contributed by atoms with E-state index in [0.717, 1.165) is 0 Å². The summed E-state index contributed by atoms with van der Waals surface area (Å²) in [5.41, 5.74) is -0.294. The molecule has 0 bridgehead atoms. The van der Waals surface area contributed by atoms with Crippen LogP contribution in [-0.4, -0.2) is 48.6 Å². The van der Waals surface area contributed by atoms with E-state index >= 15 is 0 Å².